The molecule has 0 spiro atoms. The zero-order valence-corrected chi connectivity index (χ0v) is 19.4. The standard InChI is InChI=1S/C19H29N9O3S/c1-5-27-7-11(25-26-27)16-14(29)15(30)19(31-16)28-9-21-13-17(20-4)23-12(24-18(13)28)6-22-32-8-10(2)3/h7,9-10,14-16,19,22,29-30H,5-6,8H2,1-4H3,(H,20,23,24)/p+1/t14-,15+,16+,19+/m0/s1. The molecule has 3 aromatic rings. The highest BCUT2D eigenvalue weighted by Gasteiger charge is 2.48. The highest BCUT2D eigenvalue weighted by atomic mass is 32.2. The van der Waals surface area contributed by atoms with E-state index in [1.165, 1.54) is 0 Å². The first-order valence-electron chi connectivity index (χ1n) is 10.6. The molecule has 5 N–H and O–H groups in total. The number of ether oxygens (including phenoxy) is 1. The zero-order valence-electron chi connectivity index (χ0n) is 18.6. The summed E-state index contributed by atoms with van der Waals surface area (Å²) in [6, 6.07) is 0. The number of nitrogens with one attached hydrogen (secondary N) is 3. The van der Waals surface area contributed by atoms with E-state index in [-0.39, 0.29) is 0 Å². The van der Waals surface area contributed by atoms with E-state index in [0.717, 1.165) is 5.75 Å². The van der Waals surface area contributed by atoms with Crippen molar-refractivity contribution in [1.82, 2.24) is 34.6 Å². The van der Waals surface area contributed by atoms with Crippen molar-refractivity contribution in [1.29, 1.82) is 0 Å². The highest BCUT2D eigenvalue weighted by molar-refractivity contribution is 7.97. The fourth-order valence-corrected chi connectivity index (χ4v) is 4.20. The zero-order chi connectivity index (χ0) is 22.8. The summed E-state index contributed by atoms with van der Waals surface area (Å²) in [5, 5.41) is 31.5. The number of aliphatic hydroxyl groups is 2. The first kappa shape index (κ1) is 22.9. The van der Waals surface area contributed by atoms with Crippen LogP contribution in [0.3, 0.4) is 0 Å². The van der Waals surface area contributed by atoms with Crippen LogP contribution in [0, 0.1) is 5.92 Å². The third-order valence-corrected chi connectivity index (χ3v) is 6.38. The number of hydrogen-bond donors (Lipinski definition) is 5. The van der Waals surface area contributed by atoms with Gasteiger partial charge in [-0.1, -0.05) is 31.0 Å². The van der Waals surface area contributed by atoms with E-state index in [9.17, 15) is 10.2 Å². The second-order valence-corrected chi connectivity index (χ2v) is 8.98. The summed E-state index contributed by atoms with van der Waals surface area (Å²) in [7, 11) is 1.77. The van der Waals surface area contributed by atoms with Crippen molar-refractivity contribution in [3.05, 3.63) is 24.0 Å². The molecule has 4 atom stereocenters. The molecule has 12 nitrogen and oxygen atoms in total. The van der Waals surface area contributed by atoms with Crippen LogP contribution in [0.5, 0.6) is 0 Å². The lowest BCUT2D eigenvalue weighted by Crippen LogP contribution is -2.33. The number of aromatic amines is 1. The van der Waals surface area contributed by atoms with Gasteiger partial charge in [0.1, 0.15) is 24.6 Å². The topological polar surface area (TPSA) is 150 Å². The first-order chi connectivity index (χ1) is 15.4. The Morgan fingerprint density at radius 1 is 1.31 bits per heavy atom. The predicted octanol–water partition coefficient (Wildman–Crippen LogP) is 0.284. The molecule has 32 heavy (non-hydrogen) atoms. The van der Waals surface area contributed by atoms with Crippen LogP contribution in [-0.4, -0.2) is 65.1 Å². The lowest BCUT2D eigenvalue weighted by molar-refractivity contribution is -0.750. The first-order valence-corrected chi connectivity index (χ1v) is 11.6. The summed E-state index contributed by atoms with van der Waals surface area (Å²) >= 11 is 1.63. The minimum atomic E-state index is -1.18. The number of anilines is 1. The van der Waals surface area contributed by atoms with E-state index in [0.29, 0.717) is 47.5 Å². The minimum absolute atomic E-state index is 0.469. The van der Waals surface area contributed by atoms with Gasteiger partial charge < -0.3 is 20.3 Å². The maximum Gasteiger partial charge on any atom is 0.249 e. The van der Waals surface area contributed by atoms with E-state index in [2.05, 4.69) is 49.2 Å². The quantitative estimate of drug-likeness (QED) is 0.170. The number of imidazole rings is 1. The number of hydrogen-bond acceptors (Lipinski definition) is 10. The second kappa shape index (κ2) is 9.67. The Kier molecular flexibility index (Phi) is 6.90. The average Bonchev–Trinajstić information content (AvgIpc) is 3.49. The van der Waals surface area contributed by atoms with E-state index in [4.69, 9.17) is 4.74 Å². The third-order valence-electron chi connectivity index (χ3n) is 5.19. The van der Waals surface area contributed by atoms with Gasteiger partial charge in [-0.25, -0.2) is 15.0 Å². The van der Waals surface area contributed by atoms with Crippen LogP contribution in [0.4, 0.5) is 5.82 Å². The summed E-state index contributed by atoms with van der Waals surface area (Å²) in [5.41, 5.74) is 1.59. The smallest absolute Gasteiger partial charge is 0.249 e. The molecule has 1 aliphatic rings. The highest BCUT2D eigenvalue weighted by Crippen LogP contribution is 2.39. The molecule has 0 radical (unpaired) electrons. The second-order valence-electron chi connectivity index (χ2n) is 8.07. The number of aromatic nitrogens is 7. The van der Waals surface area contributed by atoms with Gasteiger partial charge in [-0.05, 0) is 12.8 Å². The van der Waals surface area contributed by atoms with Crippen LogP contribution >= 0.6 is 11.9 Å². The largest absolute Gasteiger partial charge is 0.387 e. The molecule has 4 heterocycles. The number of H-pyrrole nitrogens is 1. The Labute approximate surface area is 189 Å². The summed E-state index contributed by atoms with van der Waals surface area (Å²) in [6.07, 6.45) is -0.678. The van der Waals surface area contributed by atoms with Crippen molar-refractivity contribution < 1.29 is 19.6 Å². The molecular weight excluding hydrogens is 434 g/mol. The van der Waals surface area contributed by atoms with Gasteiger partial charge in [0.05, 0.1) is 12.9 Å². The van der Waals surface area contributed by atoms with Crippen LogP contribution in [0.25, 0.3) is 11.2 Å². The molecule has 4 rings (SSSR count). The number of aryl methyl sites for hydroxylation is 1. The molecule has 0 aromatic carbocycles. The van der Waals surface area contributed by atoms with Gasteiger partial charge in [-0.3, -0.25) is 9.29 Å². The van der Waals surface area contributed by atoms with Crippen LogP contribution in [0.2, 0.25) is 0 Å². The minimum Gasteiger partial charge on any atom is -0.387 e. The van der Waals surface area contributed by atoms with Gasteiger partial charge in [0.2, 0.25) is 5.69 Å². The summed E-state index contributed by atoms with van der Waals surface area (Å²) < 4.78 is 12.7. The lowest BCUT2D eigenvalue weighted by atomic mass is 10.1. The maximum absolute atomic E-state index is 10.8. The monoisotopic (exact) mass is 464 g/mol. The normalized spacial score (nSPS) is 23.5. The maximum atomic E-state index is 10.8. The van der Waals surface area contributed by atoms with Gasteiger partial charge in [0.25, 0.3) is 0 Å². The molecule has 0 saturated carbocycles. The molecule has 0 unspecified atom stereocenters. The summed E-state index contributed by atoms with van der Waals surface area (Å²) in [4.78, 5) is 13.6. The number of nitrogens with zero attached hydrogens (tertiary/aromatic N) is 6. The molecule has 174 valence electrons. The molecule has 1 saturated heterocycles. The van der Waals surface area contributed by atoms with Crippen LogP contribution < -0.4 is 14.7 Å². The molecule has 0 amide bonds. The average molecular weight is 465 g/mol. The van der Waals surface area contributed by atoms with E-state index >= 15 is 0 Å². The van der Waals surface area contributed by atoms with Crippen LogP contribution in [-0.2, 0) is 17.8 Å². The van der Waals surface area contributed by atoms with Crippen LogP contribution in [0.1, 0.15) is 44.6 Å². The molecule has 0 bridgehead atoms. The van der Waals surface area contributed by atoms with E-state index in [1.54, 1.807) is 40.8 Å². The van der Waals surface area contributed by atoms with Crippen LogP contribution in [0.15, 0.2) is 12.5 Å². The Hall–Kier alpha value is -2.32. The molecule has 1 aliphatic heterocycles. The summed E-state index contributed by atoms with van der Waals surface area (Å²) in [6.45, 7) is 7.46. The van der Waals surface area contributed by atoms with E-state index < -0.39 is 24.5 Å². The van der Waals surface area contributed by atoms with Crippen molar-refractivity contribution in [2.24, 2.45) is 5.92 Å². The Morgan fingerprint density at radius 3 is 2.81 bits per heavy atom. The van der Waals surface area contributed by atoms with Crippen molar-refractivity contribution in [3.63, 3.8) is 0 Å². The van der Waals surface area contributed by atoms with Gasteiger partial charge >= 0.3 is 0 Å². The van der Waals surface area contributed by atoms with Gasteiger partial charge in [0.15, 0.2) is 35.5 Å². The Bertz CT molecular complexity index is 1060. The molecule has 1 fully saturated rings. The van der Waals surface area contributed by atoms with Crippen molar-refractivity contribution >= 4 is 28.9 Å². The molecule has 3 aromatic heterocycles. The van der Waals surface area contributed by atoms with Gasteiger partial charge in [-0.2, -0.15) is 4.68 Å². The lowest BCUT2D eigenvalue weighted by Gasteiger charge is -2.17. The number of fused-ring (bicyclic) bond motifs is 1. The molecular formula is C19H30N9O3S+. The van der Waals surface area contributed by atoms with Gasteiger partial charge in [0, 0.05) is 17.9 Å². The summed E-state index contributed by atoms with van der Waals surface area (Å²) in [5.74, 6) is 2.72. The number of rotatable bonds is 9. The fourth-order valence-electron chi connectivity index (χ4n) is 3.51. The Morgan fingerprint density at radius 2 is 2.12 bits per heavy atom. The SMILES string of the molecule is CC[n+]1cc([C@H]2O[C@@H](n3cnc4c(NC)nc(CNSCC(C)C)nc43)[C@H](O)[C@@H]2O)n[nH]1. The molecule has 13 heteroatoms. The van der Waals surface area contributed by atoms with Crippen molar-refractivity contribution in [2.45, 2.75) is 58.4 Å². The third kappa shape index (κ3) is 4.43. The fraction of sp³-hybridized carbons (Fsp3) is 0.632. The van der Waals surface area contributed by atoms with Crippen molar-refractivity contribution in [2.75, 3.05) is 18.1 Å². The van der Waals surface area contributed by atoms with Crippen molar-refractivity contribution in [3.8, 4) is 0 Å². The molecule has 0 aliphatic carbocycles. The van der Waals surface area contributed by atoms with E-state index in [1.807, 2.05) is 6.92 Å². The van der Waals surface area contributed by atoms with Gasteiger partial charge in [-0.15, -0.1) is 0 Å². The predicted molar refractivity (Wildman–Crippen MR) is 118 cm³/mol. The Balaban J connectivity index is 1.61. The number of aliphatic hydroxyl groups excluding tert-OH is 2.